The smallest absolute Gasteiger partial charge is 0.292 e. The average Bonchev–Trinajstić information content (AvgIpc) is 3.16. The molecule has 0 fully saturated rings. The predicted molar refractivity (Wildman–Crippen MR) is 120 cm³/mol. The average molecular weight is 447 g/mol. The van der Waals surface area contributed by atoms with E-state index in [0.717, 1.165) is 12.0 Å². The van der Waals surface area contributed by atoms with Crippen LogP contribution in [0.4, 0.5) is 11.5 Å². The molecule has 0 spiro atoms. The Labute approximate surface area is 188 Å². The Balaban J connectivity index is 1.57. The first-order chi connectivity index (χ1) is 15.8. The molecule has 2 N–H and O–H groups in total. The molecule has 168 valence electrons. The highest BCUT2D eigenvalue weighted by Crippen LogP contribution is 2.30. The number of non-ortho nitro benzene ring substituents is 1. The number of hydrazone groups is 1. The van der Waals surface area contributed by atoms with E-state index in [4.69, 9.17) is 4.42 Å². The van der Waals surface area contributed by atoms with Gasteiger partial charge in [0.05, 0.1) is 10.6 Å². The van der Waals surface area contributed by atoms with Crippen molar-refractivity contribution in [2.24, 2.45) is 5.10 Å². The maximum Gasteiger partial charge on any atom is 0.292 e. The number of pyridine rings is 1. The van der Waals surface area contributed by atoms with Crippen molar-refractivity contribution in [2.45, 2.75) is 33.1 Å². The Bertz CT molecular complexity index is 1290. The molecule has 10 nitrogen and oxygen atoms in total. The lowest BCUT2D eigenvalue weighted by atomic mass is 9.93. The highest BCUT2D eigenvalue weighted by molar-refractivity contribution is 6.09. The molecule has 1 aliphatic rings. The molecule has 0 saturated heterocycles. The molecule has 33 heavy (non-hydrogen) atoms. The van der Waals surface area contributed by atoms with Gasteiger partial charge in [-0.15, -0.1) is 0 Å². The molecule has 1 aliphatic carbocycles. The van der Waals surface area contributed by atoms with Crippen LogP contribution in [0.25, 0.3) is 0 Å². The largest absolute Gasteiger partial charge is 0.455 e. The minimum Gasteiger partial charge on any atom is -0.455 e. The Morgan fingerprint density at radius 2 is 1.97 bits per heavy atom. The third-order valence-electron chi connectivity index (χ3n) is 5.38. The van der Waals surface area contributed by atoms with Gasteiger partial charge in [0.2, 0.25) is 0 Å². The van der Waals surface area contributed by atoms with Gasteiger partial charge in [0, 0.05) is 41.4 Å². The maximum absolute atomic E-state index is 12.8. The second-order valence-electron chi connectivity index (χ2n) is 7.64. The number of nitrogens with zero attached hydrogens (tertiary/aromatic N) is 3. The van der Waals surface area contributed by atoms with Gasteiger partial charge in [0.15, 0.2) is 5.76 Å². The van der Waals surface area contributed by atoms with Gasteiger partial charge in [-0.05, 0) is 44.4 Å². The van der Waals surface area contributed by atoms with Crippen LogP contribution in [0.1, 0.15) is 56.2 Å². The standard InChI is InChI=1S/C23H21N5O5/c1-13-6-5-11-24-21(13)25-23(30)20-14(2)19-17(9-4-10-18(19)33-20)26-27-22(29)15-7-3-8-16(12-15)28(31)32/h3,5-8,11-12H,4,9-10H2,1-2H3,(H,27,29)(H,24,25,30)/b26-17+. The van der Waals surface area contributed by atoms with Gasteiger partial charge in [0.25, 0.3) is 17.5 Å². The quantitative estimate of drug-likeness (QED) is 0.449. The fourth-order valence-electron chi connectivity index (χ4n) is 3.72. The summed E-state index contributed by atoms with van der Waals surface area (Å²) in [5.41, 5.74) is 5.14. The monoisotopic (exact) mass is 447 g/mol. The zero-order valence-corrected chi connectivity index (χ0v) is 18.0. The van der Waals surface area contributed by atoms with E-state index >= 15 is 0 Å². The van der Waals surface area contributed by atoms with Gasteiger partial charge in [-0.3, -0.25) is 19.7 Å². The molecule has 0 aliphatic heterocycles. The van der Waals surface area contributed by atoms with E-state index in [-0.39, 0.29) is 17.0 Å². The number of furan rings is 1. The summed E-state index contributed by atoms with van der Waals surface area (Å²) in [6, 6.07) is 9.04. The first-order valence-corrected chi connectivity index (χ1v) is 10.3. The zero-order chi connectivity index (χ0) is 23.5. The first kappa shape index (κ1) is 21.9. The van der Waals surface area contributed by atoms with Crippen molar-refractivity contribution in [3.63, 3.8) is 0 Å². The zero-order valence-electron chi connectivity index (χ0n) is 18.0. The summed E-state index contributed by atoms with van der Waals surface area (Å²) in [6.07, 6.45) is 3.57. The number of aryl methyl sites for hydroxylation is 2. The number of nitro groups is 1. The summed E-state index contributed by atoms with van der Waals surface area (Å²) in [5.74, 6) is 0.274. The molecule has 2 heterocycles. The number of hydrogen-bond acceptors (Lipinski definition) is 7. The van der Waals surface area contributed by atoms with Crippen LogP contribution in [0.15, 0.2) is 52.1 Å². The number of carbonyl (C=O) groups excluding carboxylic acids is 2. The van der Waals surface area contributed by atoms with Crippen molar-refractivity contribution >= 4 is 29.0 Å². The molecule has 3 aromatic rings. The van der Waals surface area contributed by atoms with Crippen LogP contribution >= 0.6 is 0 Å². The van der Waals surface area contributed by atoms with Crippen molar-refractivity contribution in [2.75, 3.05) is 5.32 Å². The van der Waals surface area contributed by atoms with Gasteiger partial charge in [-0.2, -0.15) is 5.10 Å². The molecular weight excluding hydrogens is 426 g/mol. The molecule has 2 aromatic heterocycles. The second kappa shape index (κ2) is 9.03. The molecule has 10 heteroatoms. The fourth-order valence-corrected chi connectivity index (χ4v) is 3.72. The van der Waals surface area contributed by atoms with E-state index in [9.17, 15) is 19.7 Å². The lowest BCUT2D eigenvalue weighted by Crippen LogP contribution is -2.22. The summed E-state index contributed by atoms with van der Waals surface area (Å²) >= 11 is 0. The van der Waals surface area contributed by atoms with Crippen LogP contribution in [0.2, 0.25) is 0 Å². The summed E-state index contributed by atoms with van der Waals surface area (Å²) in [6.45, 7) is 3.61. The lowest BCUT2D eigenvalue weighted by molar-refractivity contribution is -0.384. The topological polar surface area (TPSA) is 140 Å². The molecular formula is C23H21N5O5. The molecule has 0 unspecified atom stereocenters. The van der Waals surface area contributed by atoms with Gasteiger partial charge >= 0.3 is 0 Å². The van der Waals surface area contributed by atoms with Gasteiger partial charge < -0.3 is 9.73 Å². The summed E-state index contributed by atoms with van der Waals surface area (Å²) in [7, 11) is 0. The minimum atomic E-state index is -0.567. The van der Waals surface area contributed by atoms with Crippen LogP contribution in [0, 0.1) is 24.0 Å². The second-order valence-corrected chi connectivity index (χ2v) is 7.64. The third kappa shape index (κ3) is 4.49. The SMILES string of the molecule is Cc1cccnc1NC(=O)c1oc2c(c1C)/C(=N/NC(=O)c1cccc([N+](=O)[O-])c1)CCC2. The van der Waals surface area contributed by atoms with Crippen LogP contribution in [0.5, 0.6) is 0 Å². The predicted octanol–water partition coefficient (Wildman–Crippen LogP) is 3.92. The normalized spacial score (nSPS) is 13.9. The Morgan fingerprint density at radius 3 is 2.73 bits per heavy atom. The highest BCUT2D eigenvalue weighted by atomic mass is 16.6. The molecule has 0 saturated carbocycles. The van der Waals surface area contributed by atoms with E-state index < -0.39 is 16.7 Å². The molecule has 2 amide bonds. The molecule has 4 rings (SSSR count). The van der Waals surface area contributed by atoms with Crippen molar-refractivity contribution < 1.29 is 18.9 Å². The number of hydrogen-bond donors (Lipinski definition) is 2. The molecule has 1 aromatic carbocycles. The maximum atomic E-state index is 12.8. The molecule has 0 atom stereocenters. The van der Waals surface area contributed by atoms with Crippen molar-refractivity contribution in [1.29, 1.82) is 0 Å². The first-order valence-electron chi connectivity index (χ1n) is 10.3. The highest BCUT2D eigenvalue weighted by Gasteiger charge is 2.28. The van der Waals surface area contributed by atoms with Gasteiger partial charge in [-0.25, -0.2) is 10.4 Å². The van der Waals surface area contributed by atoms with E-state index in [1.165, 1.54) is 24.3 Å². The van der Waals surface area contributed by atoms with Gasteiger partial charge in [0.1, 0.15) is 11.6 Å². The van der Waals surface area contributed by atoms with E-state index in [2.05, 4.69) is 20.8 Å². The summed E-state index contributed by atoms with van der Waals surface area (Å²) in [5, 5.41) is 18.0. The number of nitrogens with one attached hydrogen (secondary N) is 2. The van der Waals surface area contributed by atoms with Crippen molar-refractivity contribution in [1.82, 2.24) is 10.4 Å². The minimum absolute atomic E-state index is 0.124. The Kier molecular flexibility index (Phi) is 5.99. The number of fused-ring (bicyclic) bond motifs is 1. The number of amides is 2. The van der Waals surface area contributed by atoms with Crippen LogP contribution in [0.3, 0.4) is 0 Å². The Hall–Kier alpha value is -4.34. The Morgan fingerprint density at radius 1 is 1.15 bits per heavy atom. The van der Waals surface area contributed by atoms with E-state index in [1.807, 2.05) is 13.0 Å². The molecule has 0 radical (unpaired) electrons. The van der Waals surface area contributed by atoms with E-state index in [1.54, 1.807) is 19.2 Å². The van der Waals surface area contributed by atoms with Gasteiger partial charge in [-0.1, -0.05) is 12.1 Å². The lowest BCUT2D eigenvalue weighted by Gasteiger charge is -2.13. The number of aromatic nitrogens is 1. The van der Waals surface area contributed by atoms with Crippen molar-refractivity contribution in [3.05, 3.63) is 86.5 Å². The molecule has 0 bridgehead atoms. The van der Waals surface area contributed by atoms with Crippen LogP contribution in [-0.4, -0.2) is 27.4 Å². The van der Waals surface area contributed by atoms with Crippen LogP contribution < -0.4 is 10.7 Å². The number of carbonyl (C=O) groups is 2. The number of rotatable bonds is 5. The fraction of sp³-hybridized carbons (Fsp3) is 0.217. The van der Waals surface area contributed by atoms with Crippen LogP contribution in [-0.2, 0) is 6.42 Å². The summed E-state index contributed by atoms with van der Waals surface area (Å²) in [4.78, 5) is 39.9. The number of nitro benzene ring substituents is 1. The number of anilines is 1. The summed E-state index contributed by atoms with van der Waals surface area (Å²) < 4.78 is 5.87. The van der Waals surface area contributed by atoms with Crippen molar-refractivity contribution in [3.8, 4) is 0 Å². The van der Waals surface area contributed by atoms with E-state index in [0.29, 0.717) is 41.3 Å². The third-order valence-corrected chi connectivity index (χ3v) is 5.38. The number of benzene rings is 1.